The van der Waals surface area contributed by atoms with E-state index in [0.717, 1.165) is 14.8 Å². The lowest BCUT2D eigenvalue weighted by atomic mass is 10.2. The molecule has 0 fully saturated rings. The van der Waals surface area contributed by atoms with Crippen LogP contribution in [-0.4, -0.2) is 12.2 Å². The minimum atomic E-state index is -0.407. The number of hydrogen-bond acceptors (Lipinski definition) is 2. The second kappa shape index (κ2) is 5.34. The van der Waals surface area contributed by atoms with Crippen molar-refractivity contribution in [1.29, 1.82) is 0 Å². The number of carbonyl (C=O) groups is 1. The number of anilines is 1. The van der Waals surface area contributed by atoms with Crippen LogP contribution in [0, 0.1) is 10.5 Å². The standard InChI is InChI=1S/C11H14INO2/c1-7(2)15-11(14)13-10-6-4-5-9(12)8(10)3/h4-7H,1-3H3,(H,13,14). The Morgan fingerprint density at radius 2 is 2.13 bits per heavy atom. The number of benzene rings is 1. The van der Waals surface area contributed by atoms with Crippen LogP contribution in [0.3, 0.4) is 0 Å². The molecule has 0 aliphatic rings. The first-order valence-corrected chi connectivity index (χ1v) is 5.81. The van der Waals surface area contributed by atoms with E-state index in [4.69, 9.17) is 4.74 Å². The molecular formula is C11H14INO2. The molecule has 0 saturated heterocycles. The second-order valence-corrected chi connectivity index (χ2v) is 4.65. The molecule has 0 aliphatic heterocycles. The minimum absolute atomic E-state index is 0.104. The normalized spacial score (nSPS) is 10.2. The Morgan fingerprint density at radius 3 is 2.73 bits per heavy atom. The van der Waals surface area contributed by atoms with Crippen molar-refractivity contribution in [1.82, 2.24) is 0 Å². The van der Waals surface area contributed by atoms with Crippen LogP contribution >= 0.6 is 22.6 Å². The molecule has 1 aromatic rings. The summed E-state index contributed by atoms with van der Waals surface area (Å²) in [5.41, 5.74) is 1.85. The van der Waals surface area contributed by atoms with E-state index < -0.39 is 6.09 Å². The van der Waals surface area contributed by atoms with E-state index in [-0.39, 0.29) is 6.10 Å². The van der Waals surface area contributed by atoms with Crippen LogP contribution in [-0.2, 0) is 4.74 Å². The topological polar surface area (TPSA) is 38.3 Å². The third-order valence-corrected chi connectivity index (χ3v) is 3.02. The summed E-state index contributed by atoms with van der Waals surface area (Å²) in [6.07, 6.45) is -0.511. The highest BCUT2D eigenvalue weighted by molar-refractivity contribution is 14.1. The van der Waals surface area contributed by atoms with Gasteiger partial charge in [0, 0.05) is 9.26 Å². The molecule has 1 amide bonds. The van der Waals surface area contributed by atoms with E-state index in [0.29, 0.717) is 0 Å². The van der Waals surface area contributed by atoms with Gasteiger partial charge < -0.3 is 4.74 Å². The average Bonchev–Trinajstić information content (AvgIpc) is 2.11. The van der Waals surface area contributed by atoms with Crippen molar-refractivity contribution in [2.24, 2.45) is 0 Å². The Labute approximate surface area is 103 Å². The lowest BCUT2D eigenvalue weighted by Crippen LogP contribution is -2.18. The fourth-order valence-corrected chi connectivity index (χ4v) is 1.59. The predicted molar refractivity (Wildman–Crippen MR) is 69.1 cm³/mol. The van der Waals surface area contributed by atoms with Crippen molar-refractivity contribution >= 4 is 34.4 Å². The summed E-state index contributed by atoms with van der Waals surface area (Å²) >= 11 is 2.23. The molecule has 3 nitrogen and oxygen atoms in total. The zero-order valence-electron chi connectivity index (χ0n) is 9.00. The molecule has 0 saturated carbocycles. The van der Waals surface area contributed by atoms with E-state index in [1.54, 1.807) is 0 Å². The van der Waals surface area contributed by atoms with Gasteiger partial charge in [0.05, 0.1) is 6.10 Å². The fourth-order valence-electron chi connectivity index (χ4n) is 1.10. The Balaban J connectivity index is 2.73. The zero-order valence-corrected chi connectivity index (χ0v) is 11.2. The van der Waals surface area contributed by atoms with Crippen LogP contribution in [0.1, 0.15) is 19.4 Å². The molecule has 0 radical (unpaired) electrons. The highest BCUT2D eigenvalue weighted by Crippen LogP contribution is 2.20. The molecule has 1 aromatic carbocycles. The molecule has 82 valence electrons. The number of hydrogen-bond donors (Lipinski definition) is 1. The summed E-state index contributed by atoms with van der Waals surface area (Å²) < 4.78 is 6.12. The third-order valence-electron chi connectivity index (χ3n) is 1.85. The highest BCUT2D eigenvalue weighted by atomic mass is 127. The quantitative estimate of drug-likeness (QED) is 0.847. The first kappa shape index (κ1) is 12.3. The van der Waals surface area contributed by atoms with Gasteiger partial charge in [0.2, 0.25) is 0 Å². The van der Waals surface area contributed by atoms with Crippen LogP contribution in [0.4, 0.5) is 10.5 Å². The van der Waals surface area contributed by atoms with Gasteiger partial charge in [0.1, 0.15) is 0 Å². The minimum Gasteiger partial charge on any atom is -0.447 e. The first-order valence-electron chi connectivity index (χ1n) is 4.73. The lowest BCUT2D eigenvalue weighted by molar-refractivity contribution is 0.130. The Hall–Kier alpha value is -0.780. The molecule has 15 heavy (non-hydrogen) atoms. The van der Waals surface area contributed by atoms with Gasteiger partial charge in [0.15, 0.2) is 0 Å². The van der Waals surface area contributed by atoms with Gasteiger partial charge in [-0.15, -0.1) is 0 Å². The fraction of sp³-hybridized carbons (Fsp3) is 0.364. The van der Waals surface area contributed by atoms with Crippen LogP contribution < -0.4 is 5.32 Å². The highest BCUT2D eigenvalue weighted by Gasteiger charge is 2.08. The molecule has 0 unspecified atom stereocenters. The SMILES string of the molecule is Cc1c(I)cccc1NC(=O)OC(C)C. The van der Waals surface area contributed by atoms with E-state index in [1.807, 2.05) is 39.0 Å². The van der Waals surface area contributed by atoms with E-state index in [1.165, 1.54) is 0 Å². The predicted octanol–water partition coefficient (Wildman–Crippen LogP) is 3.56. The molecule has 0 aromatic heterocycles. The number of carbonyl (C=O) groups excluding carboxylic acids is 1. The van der Waals surface area contributed by atoms with Gasteiger partial charge in [0.25, 0.3) is 0 Å². The van der Waals surface area contributed by atoms with Gasteiger partial charge >= 0.3 is 6.09 Å². The maximum Gasteiger partial charge on any atom is 0.411 e. The Kier molecular flexibility index (Phi) is 4.38. The molecule has 0 atom stereocenters. The van der Waals surface area contributed by atoms with E-state index in [2.05, 4.69) is 27.9 Å². The number of nitrogens with one attached hydrogen (secondary N) is 1. The number of rotatable bonds is 2. The maximum absolute atomic E-state index is 11.4. The van der Waals surface area contributed by atoms with E-state index in [9.17, 15) is 4.79 Å². The van der Waals surface area contributed by atoms with Crippen molar-refractivity contribution in [3.05, 3.63) is 27.3 Å². The van der Waals surface area contributed by atoms with Crippen LogP contribution in [0.25, 0.3) is 0 Å². The number of halogens is 1. The van der Waals surface area contributed by atoms with Crippen molar-refractivity contribution in [3.63, 3.8) is 0 Å². The van der Waals surface area contributed by atoms with Crippen molar-refractivity contribution in [2.75, 3.05) is 5.32 Å². The smallest absolute Gasteiger partial charge is 0.411 e. The molecule has 0 heterocycles. The van der Waals surface area contributed by atoms with Gasteiger partial charge in [-0.2, -0.15) is 0 Å². The first-order chi connectivity index (χ1) is 7.00. The number of ether oxygens (including phenoxy) is 1. The number of amides is 1. The molecule has 0 spiro atoms. The summed E-state index contributed by atoms with van der Waals surface area (Å²) in [6.45, 7) is 5.61. The van der Waals surface area contributed by atoms with Crippen LogP contribution in [0.5, 0.6) is 0 Å². The summed E-state index contributed by atoms with van der Waals surface area (Å²) in [7, 11) is 0. The molecule has 0 aliphatic carbocycles. The van der Waals surface area contributed by atoms with Crippen LogP contribution in [0.2, 0.25) is 0 Å². The molecule has 4 heteroatoms. The van der Waals surface area contributed by atoms with Gasteiger partial charge in [-0.05, 0) is 61.1 Å². The molecule has 1 rings (SSSR count). The Bertz CT molecular complexity index is 364. The third kappa shape index (κ3) is 3.70. The van der Waals surface area contributed by atoms with Gasteiger partial charge in [-0.1, -0.05) is 6.07 Å². The summed E-state index contributed by atoms with van der Waals surface area (Å²) in [5.74, 6) is 0. The lowest BCUT2D eigenvalue weighted by Gasteiger charge is -2.11. The molecular weight excluding hydrogens is 305 g/mol. The average molecular weight is 319 g/mol. The molecule has 0 bridgehead atoms. The monoisotopic (exact) mass is 319 g/mol. The second-order valence-electron chi connectivity index (χ2n) is 3.49. The van der Waals surface area contributed by atoms with E-state index >= 15 is 0 Å². The largest absolute Gasteiger partial charge is 0.447 e. The van der Waals surface area contributed by atoms with Crippen molar-refractivity contribution in [2.45, 2.75) is 26.9 Å². The summed E-state index contributed by atoms with van der Waals surface area (Å²) in [5, 5.41) is 2.72. The van der Waals surface area contributed by atoms with Crippen molar-refractivity contribution in [3.8, 4) is 0 Å². The summed E-state index contributed by atoms with van der Waals surface area (Å²) in [6, 6.07) is 5.76. The molecule has 1 N–H and O–H groups in total. The maximum atomic E-state index is 11.4. The zero-order chi connectivity index (χ0) is 11.4. The van der Waals surface area contributed by atoms with Gasteiger partial charge in [-0.3, -0.25) is 5.32 Å². The van der Waals surface area contributed by atoms with Gasteiger partial charge in [-0.25, -0.2) is 4.79 Å². The summed E-state index contributed by atoms with van der Waals surface area (Å²) in [4.78, 5) is 11.4. The van der Waals surface area contributed by atoms with Crippen molar-refractivity contribution < 1.29 is 9.53 Å². The Morgan fingerprint density at radius 1 is 1.47 bits per heavy atom. The van der Waals surface area contributed by atoms with Crippen LogP contribution in [0.15, 0.2) is 18.2 Å².